The van der Waals surface area contributed by atoms with Gasteiger partial charge in [-0.15, -0.1) is 11.3 Å². The Morgan fingerprint density at radius 3 is 2.95 bits per heavy atom. The first kappa shape index (κ1) is 14.5. The van der Waals surface area contributed by atoms with Crippen LogP contribution in [-0.4, -0.2) is 17.4 Å². The molecule has 0 aliphatic heterocycles. The predicted octanol–water partition coefficient (Wildman–Crippen LogP) is 2.65. The molecule has 0 radical (unpaired) electrons. The van der Waals surface area contributed by atoms with Crippen molar-refractivity contribution in [2.45, 2.75) is 26.2 Å². The number of pyridine rings is 1. The Hall–Kier alpha value is -1.88. The summed E-state index contributed by atoms with van der Waals surface area (Å²) in [6, 6.07) is 7.53. The fourth-order valence-corrected chi connectivity index (χ4v) is 2.69. The van der Waals surface area contributed by atoms with E-state index in [0.717, 1.165) is 25.0 Å². The Labute approximate surface area is 123 Å². The highest BCUT2D eigenvalue weighted by atomic mass is 32.1. The lowest BCUT2D eigenvalue weighted by atomic mass is 10.1. The highest BCUT2D eigenvalue weighted by Crippen LogP contribution is 2.11. The minimum absolute atomic E-state index is 0.0898. The summed E-state index contributed by atoms with van der Waals surface area (Å²) in [6.07, 6.45) is 2.67. The lowest BCUT2D eigenvalue weighted by molar-refractivity contribution is 0.0954. The van der Waals surface area contributed by atoms with Crippen molar-refractivity contribution in [3.05, 3.63) is 45.8 Å². The zero-order valence-corrected chi connectivity index (χ0v) is 12.4. The molecular formula is C15H19N3OS. The summed E-state index contributed by atoms with van der Waals surface area (Å²) in [5.41, 5.74) is 7.21. The molecule has 4 nitrogen and oxygen atoms in total. The quantitative estimate of drug-likeness (QED) is 0.859. The molecule has 0 aliphatic rings. The molecule has 20 heavy (non-hydrogen) atoms. The maximum atomic E-state index is 12.1. The third kappa shape index (κ3) is 4.06. The standard InChI is InChI=1S/C15H19N3OS/c1-2-4-12-9-11(10-14(16)18-12)15(19)17-7-6-13-5-3-8-20-13/h3,5,8-10H,2,4,6-7H2,1H3,(H2,16,18)(H,17,19). The van der Waals surface area contributed by atoms with Gasteiger partial charge in [0.15, 0.2) is 0 Å². The lowest BCUT2D eigenvalue weighted by Gasteiger charge is -2.07. The maximum absolute atomic E-state index is 12.1. The van der Waals surface area contributed by atoms with Crippen LogP contribution in [0.25, 0.3) is 0 Å². The molecular weight excluding hydrogens is 270 g/mol. The summed E-state index contributed by atoms with van der Waals surface area (Å²) in [5, 5.41) is 4.96. The molecule has 2 rings (SSSR count). The lowest BCUT2D eigenvalue weighted by Crippen LogP contribution is -2.25. The molecule has 0 atom stereocenters. The summed E-state index contributed by atoms with van der Waals surface area (Å²) < 4.78 is 0. The van der Waals surface area contributed by atoms with Crippen molar-refractivity contribution >= 4 is 23.1 Å². The first-order valence-electron chi connectivity index (χ1n) is 6.76. The van der Waals surface area contributed by atoms with Gasteiger partial charge >= 0.3 is 0 Å². The monoisotopic (exact) mass is 289 g/mol. The summed E-state index contributed by atoms with van der Waals surface area (Å²) in [5.74, 6) is 0.312. The predicted molar refractivity (Wildman–Crippen MR) is 83.0 cm³/mol. The van der Waals surface area contributed by atoms with Crippen LogP contribution < -0.4 is 11.1 Å². The van der Waals surface area contributed by atoms with Gasteiger partial charge in [-0.3, -0.25) is 4.79 Å². The molecule has 2 aromatic rings. The van der Waals surface area contributed by atoms with E-state index in [1.165, 1.54) is 4.88 Å². The molecule has 5 heteroatoms. The van der Waals surface area contributed by atoms with Crippen LogP contribution in [0, 0.1) is 0 Å². The van der Waals surface area contributed by atoms with E-state index in [1.54, 1.807) is 17.4 Å². The number of nitrogens with one attached hydrogen (secondary N) is 1. The normalized spacial score (nSPS) is 10.4. The van der Waals surface area contributed by atoms with Crippen LogP contribution in [-0.2, 0) is 12.8 Å². The number of nitrogens with two attached hydrogens (primary N) is 1. The van der Waals surface area contributed by atoms with Gasteiger partial charge in [-0.2, -0.15) is 0 Å². The Kier molecular flexibility index (Phi) is 5.12. The second-order valence-electron chi connectivity index (χ2n) is 4.61. The first-order valence-corrected chi connectivity index (χ1v) is 7.64. The molecule has 106 valence electrons. The van der Waals surface area contributed by atoms with E-state index in [1.807, 2.05) is 17.5 Å². The van der Waals surface area contributed by atoms with Crippen LogP contribution in [0.2, 0.25) is 0 Å². The smallest absolute Gasteiger partial charge is 0.251 e. The summed E-state index contributed by atoms with van der Waals surface area (Å²) in [7, 11) is 0. The number of aromatic nitrogens is 1. The van der Waals surface area contributed by atoms with Crippen molar-refractivity contribution < 1.29 is 4.79 Å². The van der Waals surface area contributed by atoms with Crippen molar-refractivity contribution in [3.63, 3.8) is 0 Å². The SMILES string of the molecule is CCCc1cc(C(=O)NCCc2cccs2)cc(N)n1. The summed E-state index contributed by atoms with van der Waals surface area (Å²) in [6.45, 7) is 2.70. The highest BCUT2D eigenvalue weighted by Gasteiger charge is 2.08. The highest BCUT2D eigenvalue weighted by molar-refractivity contribution is 7.09. The molecule has 2 aromatic heterocycles. The zero-order chi connectivity index (χ0) is 14.4. The van der Waals surface area contributed by atoms with Gasteiger partial charge in [-0.1, -0.05) is 19.4 Å². The largest absolute Gasteiger partial charge is 0.384 e. The number of anilines is 1. The molecule has 1 amide bonds. The van der Waals surface area contributed by atoms with Gasteiger partial charge in [-0.05, 0) is 36.4 Å². The van der Waals surface area contributed by atoms with E-state index < -0.39 is 0 Å². The fraction of sp³-hybridized carbons (Fsp3) is 0.333. The summed E-state index contributed by atoms with van der Waals surface area (Å²) >= 11 is 1.70. The van der Waals surface area contributed by atoms with Crippen LogP contribution in [0.15, 0.2) is 29.6 Å². The summed E-state index contributed by atoms with van der Waals surface area (Å²) in [4.78, 5) is 17.6. The minimum Gasteiger partial charge on any atom is -0.384 e. The molecule has 2 heterocycles. The van der Waals surface area contributed by atoms with E-state index in [0.29, 0.717) is 17.9 Å². The maximum Gasteiger partial charge on any atom is 0.251 e. The molecule has 0 saturated carbocycles. The Morgan fingerprint density at radius 1 is 1.40 bits per heavy atom. The molecule has 0 fully saturated rings. The van der Waals surface area contributed by atoms with Gasteiger partial charge in [-0.25, -0.2) is 4.98 Å². The minimum atomic E-state index is -0.0898. The van der Waals surface area contributed by atoms with E-state index in [-0.39, 0.29) is 5.91 Å². The van der Waals surface area contributed by atoms with Gasteiger partial charge in [0.25, 0.3) is 5.91 Å². The molecule has 0 aromatic carbocycles. The number of nitrogen functional groups attached to an aromatic ring is 1. The number of hydrogen-bond acceptors (Lipinski definition) is 4. The molecule has 0 aliphatic carbocycles. The van der Waals surface area contributed by atoms with Crippen LogP contribution >= 0.6 is 11.3 Å². The number of carbonyl (C=O) groups is 1. The van der Waals surface area contributed by atoms with Crippen LogP contribution in [0.5, 0.6) is 0 Å². The molecule has 3 N–H and O–H groups in total. The van der Waals surface area contributed by atoms with Crippen molar-refractivity contribution in [1.82, 2.24) is 10.3 Å². The second kappa shape index (κ2) is 7.05. The number of nitrogens with zero attached hydrogens (tertiary/aromatic N) is 1. The third-order valence-electron chi connectivity index (χ3n) is 2.90. The van der Waals surface area contributed by atoms with Crippen molar-refractivity contribution in [3.8, 4) is 0 Å². The van der Waals surface area contributed by atoms with E-state index in [4.69, 9.17) is 5.73 Å². The molecule has 0 bridgehead atoms. The Morgan fingerprint density at radius 2 is 2.25 bits per heavy atom. The third-order valence-corrected chi connectivity index (χ3v) is 3.84. The van der Waals surface area contributed by atoms with Crippen molar-refractivity contribution in [2.24, 2.45) is 0 Å². The molecule has 0 unspecified atom stereocenters. The van der Waals surface area contributed by atoms with Gasteiger partial charge in [0.05, 0.1) is 0 Å². The van der Waals surface area contributed by atoms with Crippen LogP contribution in [0.4, 0.5) is 5.82 Å². The van der Waals surface area contributed by atoms with Gasteiger partial charge in [0, 0.05) is 22.7 Å². The van der Waals surface area contributed by atoms with E-state index in [9.17, 15) is 4.79 Å². The number of rotatable bonds is 6. The number of carbonyl (C=O) groups excluding carboxylic acids is 1. The van der Waals surface area contributed by atoms with E-state index in [2.05, 4.69) is 23.3 Å². The second-order valence-corrected chi connectivity index (χ2v) is 5.64. The van der Waals surface area contributed by atoms with Crippen LogP contribution in [0.3, 0.4) is 0 Å². The Balaban J connectivity index is 1.94. The van der Waals surface area contributed by atoms with Crippen molar-refractivity contribution in [1.29, 1.82) is 0 Å². The number of thiophene rings is 1. The van der Waals surface area contributed by atoms with Gasteiger partial charge < -0.3 is 11.1 Å². The number of amides is 1. The van der Waals surface area contributed by atoms with E-state index >= 15 is 0 Å². The van der Waals surface area contributed by atoms with Crippen molar-refractivity contribution in [2.75, 3.05) is 12.3 Å². The van der Waals surface area contributed by atoms with Gasteiger partial charge in [0.2, 0.25) is 0 Å². The zero-order valence-electron chi connectivity index (χ0n) is 11.6. The molecule has 0 saturated heterocycles. The van der Waals surface area contributed by atoms with Gasteiger partial charge in [0.1, 0.15) is 5.82 Å². The average molecular weight is 289 g/mol. The first-order chi connectivity index (χ1) is 9.69. The topological polar surface area (TPSA) is 68.0 Å². The number of aryl methyl sites for hydroxylation is 1. The Bertz CT molecular complexity index is 567. The average Bonchev–Trinajstić information content (AvgIpc) is 2.91. The fourth-order valence-electron chi connectivity index (χ4n) is 1.98. The molecule has 0 spiro atoms. The van der Waals surface area contributed by atoms with Crippen LogP contribution in [0.1, 0.15) is 34.3 Å². The number of hydrogen-bond donors (Lipinski definition) is 2.